The first kappa shape index (κ1) is 15.3. The van der Waals surface area contributed by atoms with Crippen LogP contribution in [0.3, 0.4) is 0 Å². The second kappa shape index (κ2) is 7.08. The molecule has 2 aromatic heterocycles. The van der Waals surface area contributed by atoms with Crippen LogP contribution >= 0.6 is 0 Å². The van der Waals surface area contributed by atoms with Crippen LogP contribution in [0, 0.1) is 0 Å². The van der Waals surface area contributed by atoms with Crippen LogP contribution in [0.5, 0.6) is 0 Å². The fraction of sp³-hybridized carbons (Fsp3) is 0.467. The van der Waals surface area contributed by atoms with Gasteiger partial charge in [0, 0.05) is 32.3 Å². The lowest BCUT2D eigenvalue weighted by molar-refractivity contribution is 0.251. The molecule has 122 valence electrons. The van der Waals surface area contributed by atoms with Gasteiger partial charge in [0.05, 0.1) is 11.9 Å². The van der Waals surface area contributed by atoms with Crippen LogP contribution in [0.2, 0.25) is 0 Å². The van der Waals surface area contributed by atoms with Crippen LogP contribution in [0.15, 0.2) is 29.3 Å². The molecule has 8 heteroatoms. The number of nitrogens with one attached hydrogen (secondary N) is 2. The van der Waals surface area contributed by atoms with Gasteiger partial charge in [0.15, 0.2) is 0 Å². The van der Waals surface area contributed by atoms with Crippen molar-refractivity contribution in [3.05, 3.63) is 40.8 Å². The van der Waals surface area contributed by atoms with Gasteiger partial charge in [-0.1, -0.05) is 0 Å². The molecule has 0 bridgehead atoms. The first-order chi connectivity index (χ1) is 11.2. The quantitative estimate of drug-likeness (QED) is 0.804. The van der Waals surface area contributed by atoms with Gasteiger partial charge < -0.3 is 10.6 Å². The van der Waals surface area contributed by atoms with Crippen LogP contribution in [0.4, 0.5) is 10.5 Å². The normalized spacial score (nSPS) is 13.4. The van der Waals surface area contributed by atoms with E-state index in [9.17, 15) is 9.59 Å². The van der Waals surface area contributed by atoms with E-state index < -0.39 is 0 Å². The van der Waals surface area contributed by atoms with E-state index >= 15 is 0 Å². The van der Waals surface area contributed by atoms with E-state index in [-0.39, 0.29) is 11.7 Å². The van der Waals surface area contributed by atoms with Crippen LogP contribution in [0.25, 0.3) is 0 Å². The van der Waals surface area contributed by atoms with Crippen LogP contribution < -0.4 is 16.3 Å². The summed E-state index contributed by atoms with van der Waals surface area (Å²) in [7, 11) is 0. The molecule has 0 atom stereocenters. The van der Waals surface area contributed by atoms with Gasteiger partial charge in [-0.3, -0.25) is 9.55 Å². The Kier molecular flexibility index (Phi) is 4.70. The van der Waals surface area contributed by atoms with Crippen molar-refractivity contribution in [1.29, 1.82) is 0 Å². The maximum Gasteiger partial charge on any atom is 0.345 e. The van der Waals surface area contributed by atoms with Crippen molar-refractivity contribution in [3.8, 4) is 0 Å². The summed E-state index contributed by atoms with van der Waals surface area (Å²) >= 11 is 0. The van der Waals surface area contributed by atoms with Gasteiger partial charge in [-0.05, 0) is 31.4 Å². The zero-order valence-corrected chi connectivity index (χ0v) is 12.9. The van der Waals surface area contributed by atoms with Crippen molar-refractivity contribution in [3.63, 3.8) is 0 Å². The number of aromatic nitrogens is 4. The van der Waals surface area contributed by atoms with Crippen molar-refractivity contribution in [1.82, 2.24) is 24.6 Å². The zero-order chi connectivity index (χ0) is 16.1. The number of anilines is 1. The van der Waals surface area contributed by atoms with Crippen molar-refractivity contribution >= 4 is 11.7 Å². The summed E-state index contributed by atoms with van der Waals surface area (Å²) < 4.78 is 3.26. The van der Waals surface area contributed by atoms with Gasteiger partial charge in [0.1, 0.15) is 5.82 Å². The van der Waals surface area contributed by atoms with Crippen molar-refractivity contribution in [2.45, 2.75) is 38.8 Å². The Morgan fingerprint density at radius 3 is 3.04 bits per heavy atom. The summed E-state index contributed by atoms with van der Waals surface area (Å²) in [6.07, 6.45) is 6.87. The number of hydrogen-bond acceptors (Lipinski definition) is 4. The highest BCUT2D eigenvalue weighted by atomic mass is 16.2. The smallest absolute Gasteiger partial charge is 0.338 e. The summed E-state index contributed by atoms with van der Waals surface area (Å²) in [4.78, 5) is 27.8. The third kappa shape index (κ3) is 3.77. The molecule has 3 heterocycles. The molecule has 2 N–H and O–H groups in total. The second-order valence-electron chi connectivity index (χ2n) is 5.51. The average molecular weight is 316 g/mol. The molecule has 0 fully saturated rings. The van der Waals surface area contributed by atoms with Gasteiger partial charge in [0.2, 0.25) is 0 Å². The Morgan fingerprint density at radius 2 is 2.26 bits per heavy atom. The molecule has 0 aromatic carbocycles. The van der Waals surface area contributed by atoms with E-state index in [2.05, 4.69) is 20.7 Å². The minimum atomic E-state index is -0.283. The predicted octanol–water partition coefficient (Wildman–Crippen LogP) is 0.988. The fourth-order valence-corrected chi connectivity index (χ4v) is 2.64. The first-order valence-corrected chi connectivity index (χ1v) is 7.85. The number of fused-ring (bicyclic) bond motifs is 1. The molecule has 0 spiro atoms. The molecular weight excluding hydrogens is 296 g/mol. The van der Waals surface area contributed by atoms with Gasteiger partial charge in [-0.25, -0.2) is 14.3 Å². The molecule has 1 aliphatic heterocycles. The minimum absolute atomic E-state index is 0.0421. The molecule has 2 aromatic rings. The molecule has 8 nitrogen and oxygen atoms in total. The van der Waals surface area contributed by atoms with Crippen LogP contribution in [-0.4, -0.2) is 31.9 Å². The van der Waals surface area contributed by atoms with E-state index in [1.165, 1.54) is 4.68 Å². The molecule has 1 aliphatic rings. The highest BCUT2D eigenvalue weighted by molar-refractivity contribution is 5.88. The zero-order valence-electron chi connectivity index (χ0n) is 12.9. The number of aryl methyl sites for hydroxylation is 2. The number of pyridine rings is 1. The van der Waals surface area contributed by atoms with Crippen LogP contribution in [-0.2, 0) is 19.5 Å². The molecule has 2 amide bonds. The predicted molar refractivity (Wildman–Crippen MR) is 85.3 cm³/mol. The number of rotatable bonds is 5. The molecule has 0 unspecified atom stereocenters. The molecule has 0 aliphatic carbocycles. The maximum absolute atomic E-state index is 12.1. The van der Waals surface area contributed by atoms with E-state index in [1.807, 2.05) is 0 Å². The summed E-state index contributed by atoms with van der Waals surface area (Å²) in [6.45, 7) is 1.74. The lowest BCUT2D eigenvalue weighted by atomic mass is 10.2. The number of nitrogens with zero attached hydrogens (tertiary/aromatic N) is 4. The molecule has 0 saturated carbocycles. The lowest BCUT2D eigenvalue weighted by Gasteiger charge is -2.09. The Labute approximate surface area is 133 Å². The number of amides is 2. The van der Waals surface area contributed by atoms with Crippen molar-refractivity contribution in [2.75, 3.05) is 11.9 Å². The number of hydrogen-bond donors (Lipinski definition) is 2. The highest BCUT2D eigenvalue weighted by Gasteiger charge is 2.16. The molecule has 0 saturated heterocycles. The topological polar surface area (TPSA) is 93.8 Å². The van der Waals surface area contributed by atoms with Gasteiger partial charge in [-0.2, -0.15) is 5.10 Å². The molecular formula is C15H20N6O2. The second-order valence-corrected chi connectivity index (χ2v) is 5.51. The van der Waals surface area contributed by atoms with E-state index in [1.54, 1.807) is 29.1 Å². The largest absolute Gasteiger partial charge is 0.345 e. The summed E-state index contributed by atoms with van der Waals surface area (Å²) in [5.74, 6) is 0.878. The number of carbonyl (C=O) groups excluding carboxylic acids is 1. The minimum Gasteiger partial charge on any atom is -0.338 e. The summed E-state index contributed by atoms with van der Waals surface area (Å²) in [6, 6.07) is 3.24. The lowest BCUT2D eigenvalue weighted by Crippen LogP contribution is -2.31. The van der Waals surface area contributed by atoms with Gasteiger partial charge in [-0.15, -0.1) is 0 Å². The third-order valence-corrected chi connectivity index (χ3v) is 3.78. The van der Waals surface area contributed by atoms with E-state index in [0.717, 1.165) is 31.6 Å². The Balaban J connectivity index is 1.44. The number of urea groups is 1. The van der Waals surface area contributed by atoms with Crippen LogP contribution in [0.1, 0.15) is 25.1 Å². The van der Waals surface area contributed by atoms with E-state index in [0.29, 0.717) is 25.2 Å². The Bertz CT molecular complexity index is 721. The molecule has 0 radical (unpaired) electrons. The summed E-state index contributed by atoms with van der Waals surface area (Å²) in [5, 5.41) is 9.81. The summed E-state index contributed by atoms with van der Waals surface area (Å²) in [5.41, 5.74) is 0.600. The first-order valence-electron chi connectivity index (χ1n) is 7.85. The SMILES string of the molecule is O=C(NCCCn1nc2n(c1=O)CCCC2)Nc1cccnc1. The standard InChI is InChI=1S/C15H20N6O2/c22-14(18-12-5-3-7-16-11-12)17-8-4-10-21-15(23)20-9-2-1-6-13(20)19-21/h3,5,7,11H,1-2,4,6,8-10H2,(H2,17,18,22). The monoisotopic (exact) mass is 316 g/mol. The van der Waals surface area contributed by atoms with Gasteiger partial charge >= 0.3 is 11.7 Å². The van der Waals surface area contributed by atoms with E-state index in [4.69, 9.17) is 0 Å². The Morgan fingerprint density at radius 1 is 1.35 bits per heavy atom. The molecule has 3 rings (SSSR count). The van der Waals surface area contributed by atoms with Gasteiger partial charge in [0.25, 0.3) is 0 Å². The fourth-order valence-electron chi connectivity index (χ4n) is 2.64. The maximum atomic E-state index is 12.1. The number of carbonyl (C=O) groups is 1. The average Bonchev–Trinajstić information content (AvgIpc) is 2.89. The Hall–Kier alpha value is -2.64. The molecule has 23 heavy (non-hydrogen) atoms. The highest BCUT2D eigenvalue weighted by Crippen LogP contribution is 2.09. The van der Waals surface area contributed by atoms with Crippen molar-refractivity contribution in [2.24, 2.45) is 0 Å². The van der Waals surface area contributed by atoms with Crippen molar-refractivity contribution < 1.29 is 4.79 Å². The third-order valence-electron chi connectivity index (χ3n) is 3.78.